The van der Waals surface area contributed by atoms with Crippen molar-refractivity contribution in [2.45, 2.75) is 64.6 Å². The van der Waals surface area contributed by atoms with E-state index < -0.39 is 6.04 Å². The molecule has 3 amide bonds. The van der Waals surface area contributed by atoms with Crippen LogP contribution in [0, 0.1) is 5.92 Å². The Labute approximate surface area is 195 Å². The molecule has 4 rings (SSSR count). The number of pyridine rings is 1. The molecule has 2 aromatic rings. The third kappa shape index (κ3) is 4.24. The Hall–Kier alpha value is -3.22. The summed E-state index contributed by atoms with van der Waals surface area (Å²) in [5, 5.41) is 6.04. The van der Waals surface area contributed by atoms with Crippen molar-refractivity contribution in [3.63, 3.8) is 0 Å². The van der Waals surface area contributed by atoms with E-state index in [1.165, 1.54) is 0 Å². The Balaban J connectivity index is 1.53. The van der Waals surface area contributed by atoms with E-state index in [1.54, 1.807) is 4.90 Å². The second-order valence-corrected chi connectivity index (χ2v) is 9.24. The van der Waals surface area contributed by atoms with E-state index in [0.29, 0.717) is 19.4 Å². The number of rotatable bonds is 7. The lowest BCUT2D eigenvalue weighted by Crippen LogP contribution is -2.66. The predicted molar refractivity (Wildman–Crippen MR) is 126 cm³/mol. The van der Waals surface area contributed by atoms with Crippen LogP contribution in [0.5, 0.6) is 0 Å². The maximum absolute atomic E-state index is 13.6. The number of hydrogen-bond donors (Lipinski definition) is 2. The van der Waals surface area contributed by atoms with Crippen molar-refractivity contribution in [1.29, 1.82) is 0 Å². The lowest BCUT2D eigenvalue weighted by atomic mass is 10.0. The molecule has 3 heterocycles. The molecule has 5 atom stereocenters. The summed E-state index contributed by atoms with van der Waals surface area (Å²) >= 11 is 0. The molecule has 2 N–H and O–H groups in total. The van der Waals surface area contributed by atoms with Crippen molar-refractivity contribution in [2.24, 2.45) is 5.92 Å². The van der Waals surface area contributed by atoms with Gasteiger partial charge in [-0.15, -0.1) is 0 Å². The average Bonchev–Trinajstić information content (AvgIpc) is 3.22. The van der Waals surface area contributed by atoms with Gasteiger partial charge in [0.2, 0.25) is 11.8 Å². The monoisotopic (exact) mass is 449 g/mol. The van der Waals surface area contributed by atoms with Crippen LogP contribution in [0.25, 0.3) is 0 Å². The Kier molecular flexibility index (Phi) is 6.49. The normalized spacial score (nSPS) is 23.0. The quantitative estimate of drug-likeness (QED) is 0.636. The average molecular weight is 450 g/mol. The van der Waals surface area contributed by atoms with Crippen LogP contribution < -0.4 is 20.1 Å². The molecule has 0 fully saturated rings. The molecule has 2 aliphatic heterocycles. The summed E-state index contributed by atoms with van der Waals surface area (Å²) in [6.07, 6.45) is 3.34. The van der Waals surface area contributed by atoms with Gasteiger partial charge in [-0.05, 0) is 38.0 Å². The molecule has 1 aromatic carbocycles. The highest BCUT2D eigenvalue weighted by Gasteiger charge is 2.53. The van der Waals surface area contributed by atoms with Crippen LogP contribution in [0.2, 0.25) is 0 Å². The van der Waals surface area contributed by atoms with E-state index in [4.69, 9.17) is 0 Å². The maximum atomic E-state index is 13.6. The fourth-order valence-corrected chi connectivity index (χ4v) is 4.74. The molecule has 174 valence electrons. The van der Waals surface area contributed by atoms with E-state index in [9.17, 15) is 14.4 Å². The maximum Gasteiger partial charge on any atom is 0.336 e. The van der Waals surface area contributed by atoms with Crippen molar-refractivity contribution in [1.82, 2.24) is 10.6 Å². The number of nitrogens with zero attached hydrogens (tertiary/aromatic N) is 2. The van der Waals surface area contributed by atoms with Gasteiger partial charge >= 0.3 is 5.91 Å². The van der Waals surface area contributed by atoms with Gasteiger partial charge < -0.3 is 10.6 Å². The summed E-state index contributed by atoms with van der Waals surface area (Å²) in [5.41, 5.74) is 2.04. The number of benzene rings is 1. The number of hydrogen-bond acceptors (Lipinski definition) is 3. The summed E-state index contributed by atoms with van der Waals surface area (Å²) in [4.78, 5) is 40.8. The van der Waals surface area contributed by atoms with Crippen LogP contribution >= 0.6 is 0 Å². The smallest absolute Gasteiger partial charge is 0.336 e. The molecule has 2 unspecified atom stereocenters. The van der Waals surface area contributed by atoms with Crippen molar-refractivity contribution in [3.8, 4) is 0 Å². The van der Waals surface area contributed by atoms with Gasteiger partial charge in [-0.3, -0.25) is 9.59 Å². The number of anilines is 1. The van der Waals surface area contributed by atoms with Crippen LogP contribution in [-0.2, 0) is 20.8 Å². The Morgan fingerprint density at radius 2 is 1.85 bits per heavy atom. The first-order valence-electron chi connectivity index (χ1n) is 11.8. The van der Waals surface area contributed by atoms with Gasteiger partial charge in [0.05, 0.1) is 18.7 Å². The Morgan fingerprint density at radius 1 is 1.12 bits per heavy atom. The van der Waals surface area contributed by atoms with E-state index in [-0.39, 0.29) is 41.6 Å². The molecule has 2 aliphatic rings. The molecule has 7 heteroatoms. The van der Waals surface area contributed by atoms with E-state index in [1.807, 2.05) is 76.4 Å². The lowest BCUT2D eigenvalue weighted by Gasteiger charge is -2.33. The molecular weight excluding hydrogens is 416 g/mol. The van der Waals surface area contributed by atoms with Crippen LogP contribution in [0.15, 0.2) is 48.7 Å². The zero-order chi connectivity index (χ0) is 23.7. The zero-order valence-corrected chi connectivity index (χ0v) is 19.7. The number of carbonyl (C=O) groups excluding carboxylic acids is 3. The highest BCUT2D eigenvalue weighted by molar-refractivity contribution is 6.01. The van der Waals surface area contributed by atoms with Gasteiger partial charge in [-0.2, -0.15) is 4.90 Å². The third-order valence-electron chi connectivity index (χ3n) is 7.11. The third-order valence-corrected chi connectivity index (χ3v) is 7.11. The van der Waals surface area contributed by atoms with Crippen LogP contribution in [0.3, 0.4) is 0 Å². The van der Waals surface area contributed by atoms with Crippen LogP contribution in [0.4, 0.5) is 5.82 Å². The minimum Gasteiger partial charge on any atom is -0.351 e. The van der Waals surface area contributed by atoms with Gasteiger partial charge in [-0.25, -0.2) is 9.36 Å². The highest BCUT2D eigenvalue weighted by atomic mass is 16.2. The first-order valence-corrected chi connectivity index (χ1v) is 11.8. The predicted octanol–water partition coefficient (Wildman–Crippen LogP) is 2.26. The second kappa shape index (κ2) is 9.33. The molecule has 33 heavy (non-hydrogen) atoms. The minimum atomic E-state index is -0.640. The summed E-state index contributed by atoms with van der Waals surface area (Å²) in [5.74, 6) is 0.155. The summed E-state index contributed by atoms with van der Waals surface area (Å²) in [7, 11) is 0. The number of aromatic nitrogens is 1. The van der Waals surface area contributed by atoms with Gasteiger partial charge in [0.15, 0.2) is 6.04 Å². The molecule has 0 aliphatic carbocycles. The molecule has 0 saturated heterocycles. The number of amides is 3. The summed E-state index contributed by atoms with van der Waals surface area (Å²) < 4.78 is 2.08. The minimum absolute atomic E-state index is 0.0653. The van der Waals surface area contributed by atoms with Crippen molar-refractivity contribution >= 4 is 23.5 Å². The SMILES string of the molecule is CC[C@@H](C)C(=O)N[C@@H]1C(=O)N2c3c(ccc[n+]3C1C)C[C@H]2CNC(=O)C(C)c1ccccc1. The van der Waals surface area contributed by atoms with E-state index >= 15 is 0 Å². The zero-order valence-electron chi connectivity index (χ0n) is 19.7. The first kappa shape index (κ1) is 23.0. The molecular formula is C26H33N4O3+. The summed E-state index contributed by atoms with van der Waals surface area (Å²) in [6.45, 7) is 8.04. The second-order valence-electron chi connectivity index (χ2n) is 9.24. The Morgan fingerprint density at radius 3 is 2.55 bits per heavy atom. The summed E-state index contributed by atoms with van der Waals surface area (Å²) in [6, 6.07) is 12.7. The molecule has 1 aromatic heterocycles. The van der Waals surface area contributed by atoms with Crippen LogP contribution in [0.1, 0.15) is 57.2 Å². The topological polar surface area (TPSA) is 82.4 Å². The fourth-order valence-electron chi connectivity index (χ4n) is 4.74. The molecule has 0 radical (unpaired) electrons. The van der Waals surface area contributed by atoms with E-state index in [2.05, 4.69) is 15.2 Å². The molecule has 0 saturated carbocycles. The van der Waals surface area contributed by atoms with Crippen molar-refractivity contribution in [3.05, 3.63) is 59.8 Å². The number of nitrogens with one attached hydrogen (secondary N) is 2. The van der Waals surface area contributed by atoms with E-state index in [0.717, 1.165) is 16.9 Å². The van der Waals surface area contributed by atoms with Crippen molar-refractivity contribution < 1.29 is 19.0 Å². The van der Waals surface area contributed by atoms with Gasteiger partial charge in [-0.1, -0.05) is 44.2 Å². The number of carbonyl (C=O) groups is 3. The van der Waals surface area contributed by atoms with Gasteiger partial charge in [0.1, 0.15) is 12.1 Å². The largest absolute Gasteiger partial charge is 0.351 e. The standard InChI is InChI=1S/C26H32N4O3/c1-5-16(2)23(31)28-22-18(4)29-13-9-12-20-14-21(30(25(20)29)26(22)33)15-27-24(32)17(3)19-10-7-6-8-11-19/h6-13,16-18,21-22H,5,14-15H2,1-4H3,(H-,27,28,31,32)/p+1/t16-,17?,18?,21+,22+/m1/s1. The van der Waals surface area contributed by atoms with Crippen molar-refractivity contribution in [2.75, 3.05) is 11.4 Å². The lowest BCUT2D eigenvalue weighted by molar-refractivity contribution is -0.711. The van der Waals surface area contributed by atoms with Gasteiger partial charge in [0.25, 0.3) is 5.82 Å². The highest BCUT2D eigenvalue weighted by Crippen LogP contribution is 2.34. The first-order chi connectivity index (χ1) is 15.8. The molecule has 0 spiro atoms. The molecule has 0 bridgehead atoms. The van der Waals surface area contributed by atoms with Crippen LogP contribution in [-0.4, -0.2) is 36.3 Å². The van der Waals surface area contributed by atoms with Gasteiger partial charge in [0, 0.05) is 17.9 Å². The fraction of sp³-hybridized carbons (Fsp3) is 0.462. The molecule has 7 nitrogen and oxygen atoms in total. The Bertz CT molecular complexity index is 1050.